The Hall–Kier alpha value is -3.51. The van der Waals surface area contributed by atoms with Crippen LogP contribution >= 0.6 is 0 Å². The fourth-order valence-corrected chi connectivity index (χ4v) is 5.31. The van der Waals surface area contributed by atoms with E-state index >= 15 is 0 Å². The Kier molecular flexibility index (Phi) is 9.64. The van der Waals surface area contributed by atoms with Crippen molar-refractivity contribution in [2.45, 2.75) is 59.3 Å². The average Bonchev–Trinajstić information content (AvgIpc) is 3.39. The number of likely N-dealkylation sites (tertiary alicyclic amines) is 1. The van der Waals surface area contributed by atoms with E-state index in [1.807, 2.05) is 44.2 Å². The molecule has 0 radical (unpaired) electrons. The molecule has 0 bridgehead atoms. The topological polar surface area (TPSA) is 130 Å². The predicted molar refractivity (Wildman–Crippen MR) is 150 cm³/mol. The second kappa shape index (κ2) is 13.0. The highest BCUT2D eigenvalue weighted by Crippen LogP contribution is 2.27. The summed E-state index contributed by atoms with van der Waals surface area (Å²) >= 11 is 0. The summed E-state index contributed by atoms with van der Waals surface area (Å²) in [7, 11) is 0. The second-order valence-electron chi connectivity index (χ2n) is 12.1. The molecule has 1 aromatic carbocycles. The van der Waals surface area contributed by atoms with Gasteiger partial charge in [0.05, 0.1) is 37.5 Å². The first kappa shape index (κ1) is 30.4. The molecule has 0 spiro atoms. The Bertz CT molecular complexity index is 1200. The summed E-state index contributed by atoms with van der Waals surface area (Å²) in [5.41, 5.74) is 0.272. The van der Waals surface area contributed by atoms with Crippen molar-refractivity contribution in [3.05, 3.63) is 41.7 Å². The number of ether oxygens (including phenoxy) is 2. The number of nitrogens with zero attached hydrogens (tertiary/aromatic N) is 6. The quantitative estimate of drug-likeness (QED) is 0.537. The van der Waals surface area contributed by atoms with Crippen LogP contribution in [0.5, 0.6) is 0 Å². The Labute approximate surface area is 241 Å². The van der Waals surface area contributed by atoms with Crippen molar-refractivity contribution >= 4 is 17.9 Å². The van der Waals surface area contributed by atoms with Crippen LogP contribution in [0.4, 0.5) is 4.79 Å². The SMILES string of the molecule is CC(C)CN(C(=O)c1nnn(-c2ccccc2)c1CO)[C@H]1C[C@@H](C(=O)N2CCOCC2)CN(C(=O)OC(C)(C)C)C1. The van der Waals surface area contributed by atoms with E-state index in [1.165, 1.54) is 9.58 Å². The Balaban J connectivity index is 1.67. The van der Waals surface area contributed by atoms with Crippen LogP contribution in [0.2, 0.25) is 0 Å². The number of aliphatic hydroxyl groups excluding tert-OH is 1. The fourth-order valence-electron chi connectivity index (χ4n) is 5.31. The number of aromatic nitrogens is 3. The average molecular weight is 571 g/mol. The number of hydrogen-bond acceptors (Lipinski definition) is 8. The van der Waals surface area contributed by atoms with Gasteiger partial charge in [0.25, 0.3) is 5.91 Å². The minimum Gasteiger partial charge on any atom is -0.444 e. The Morgan fingerprint density at radius 3 is 2.39 bits per heavy atom. The molecule has 4 rings (SSSR count). The molecule has 3 amide bonds. The van der Waals surface area contributed by atoms with Gasteiger partial charge in [-0.1, -0.05) is 37.3 Å². The van der Waals surface area contributed by atoms with Crippen LogP contribution in [0.1, 0.15) is 57.2 Å². The van der Waals surface area contributed by atoms with E-state index in [-0.39, 0.29) is 36.3 Å². The van der Waals surface area contributed by atoms with Crippen LogP contribution in [0.25, 0.3) is 5.69 Å². The molecular formula is C29H42N6O6. The highest BCUT2D eigenvalue weighted by molar-refractivity contribution is 5.94. The first-order valence-corrected chi connectivity index (χ1v) is 14.2. The number of carbonyl (C=O) groups excluding carboxylic acids is 3. The molecule has 2 saturated heterocycles. The van der Waals surface area contributed by atoms with Crippen molar-refractivity contribution in [2.24, 2.45) is 11.8 Å². The third-order valence-electron chi connectivity index (χ3n) is 7.13. The van der Waals surface area contributed by atoms with Gasteiger partial charge in [0.1, 0.15) is 11.3 Å². The zero-order valence-electron chi connectivity index (χ0n) is 24.7. The molecule has 1 aromatic heterocycles. The van der Waals surface area contributed by atoms with Crippen LogP contribution < -0.4 is 0 Å². The lowest BCUT2D eigenvalue weighted by molar-refractivity contribution is -0.142. The number of morpholine rings is 1. The van der Waals surface area contributed by atoms with Crippen molar-refractivity contribution in [3.8, 4) is 5.69 Å². The van der Waals surface area contributed by atoms with E-state index in [4.69, 9.17) is 9.47 Å². The van der Waals surface area contributed by atoms with Gasteiger partial charge in [-0.25, -0.2) is 9.48 Å². The van der Waals surface area contributed by atoms with E-state index in [2.05, 4.69) is 10.3 Å². The van der Waals surface area contributed by atoms with Crippen molar-refractivity contribution in [2.75, 3.05) is 45.9 Å². The summed E-state index contributed by atoms with van der Waals surface area (Å²) in [5.74, 6) is -0.891. The maximum Gasteiger partial charge on any atom is 0.410 e. The summed E-state index contributed by atoms with van der Waals surface area (Å²) in [6.45, 7) is 11.6. The maximum absolute atomic E-state index is 14.1. The van der Waals surface area contributed by atoms with E-state index in [1.54, 1.807) is 30.6 Å². The van der Waals surface area contributed by atoms with E-state index in [0.29, 0.717) is 45.0 Å². The molecule has 224 valence electrons. The normalized spacial score (nSPS) is 19.8. The number of para-hydroxylation sites is 1. The number of piperidine rings is 1. The van der Waals surface area contributed by atoms with Crippen molar-refractivity contribution in [1.82, 2.24) is 29.7 Å². The molecule has 2 aliphatic rings. The van der Waals surface area contributed by atoms with E-state index in [0.717, 1.165) is 0 Å². The summed E-state index contributed by atoms with van der Waals surface area (Å²) in [5, 5.41) is 18.6. The van der Waals surface area contributed by atoms with Gasteiger partial charge >= 0.3 is 6.09 Å². The van der Waals surface area contributed by atoms with E-state index in [9.17, 15) is 19.5 Å². The number of amides is 3. The minimum atomic E-state index is -0.715. The third kappa shape index (κ3) is 7.42. The zero-order valence-corrected chi connectivity index (χ0v) is 24.7. The standard InChI is InChI=1S/C29H42N6O6/c1-20(2)16-34(27(38)25-24(19-36)35(31-30-25)22-9-7-6-8-10-22)23-15-21(26(37)32-11-13-40-14-12-32)17-33(18-23)28(39)41-29(3,4)5/h6-10,20-21,23,36H,11-19H2,1-5H3/t21-,23+/m1/s1. The molecule has 0 saturated carbocycles. The molecular weight excluding hydrogens is 528 g/mol. The molecule has 2 fully saturated rings. The molecule has 0 unspecified atom stereocenters. The summed E-state index contributed by atoms with van der Waals surface area (Å²) < 4.78 is 12.6. The predicted octanol–water partition coefficient (Wildman–Crippen LogP) is 2.34. The second-order valence-corrected chi connectivity index (χ2v) is 12.1. The molecule has 1 N–H and O–H groups in total. The molecule has 3 heterocycles. The van der Waals surface area contributed by atoms with Crippen molar-refractivity contribution < 1.29 is 29.0 Å². The largest absolute Gasteiger partial charge is 0.444 e. The lowest BCUT2D eigenvalue weighted by Gasteiger charge is -2.44. The first-order chi connectivity index (χ1) is 19.5. The van der Waals surface area contributed by atoms with Gasteiger partial charge < -0.3 is 29.3 Å². The minimum absolute atomic E-state index is 0.0439. The summed E-state index contributed by atoms with van der Waals surface area (Å²) in [6, 6.07) is 8.69. The molecule has 0 aliphatic carbocycles. The maximum atomic E-state index is 14.1. The number of carbonyl (C=O) groups is 3. The molecule has 12 heteroatoms. The number of hydrogen-bond donors (Lipinski definition) is 1. The monoisotopic (exact) mass is 570 g/mol. The molecule has 2 aromatic rings. The van der Waals surface area contributed by atoms with Crippen molar-refractivity contribution in [3.63, 3.8) is 0 Å². The lowest BCUT2D eigenvalue weighted by Crippen LogP contribution is -2.58. The zero-order chi connectivity index (χ0) is 29.7. The van der Waals surface area contributed by atoms with Gasteiger partial charge in [-0.3, -0.25) is 9.59 Å². The Morgan fingerprint density at radius 2 is 1.78 bits per heavy atom. The molecule has 12 nitrogen and oxygen atoms in total. The van der Waals surface area contributed by atoms with Crippen LogP contribution in [0.3, 0.4) is 0 Å². The van der Waals surface area contributed by atoms with Crippen LogP contribution in [0, 0.1) is 11.8 Å². The van der Waals surface area contributed by atoms with Crippen LogP contribution in [-0.4, -0.2) is 110 Å². The number of aliphatic hydroxyl groups is 1. The van der Waals surface area contributed by atoms with Crippen molar-refractivity contribution in [1.29, 1.82) is 0 Å². The molecule has 2 aliphatic heterocycles. The third-order valence-corrected chi connectivity index (χ3v) is 7.13. The van der Waals surface area contributed by atoms with Gasteiger partial charge in [-0.05, 0) is 45.2 Å². The van der Waals surface area contributed by atoms with Gasteiger partial charge in [0.2, 0.25) is 5.91 Å². The summed E-state index contributed by atoms with van der Waals surface area (Å²) in [4.78, 5) is 46.0. The highest BCUT2D eigenvalue weighted by atomic mass is 16.6. The van der Waals surface area contributed by atoms with Gasteiger partial charge in [0, 0.05) is 32.7 Å². The van der Waals surface area contributed by atoms with Crippen LogP contribution in [-0.2, 0) is 20.9 Å². The summed E-state index contributed by atoms with van der Waals surface area (Å²) in [6.07, 6.45) is -0.139. The van der Waals surface area contributed by atoms with E-state index < -0.39 is 36.2 Å². The molecule has 2 atom stereocenters. The van der Waals surface area contributed by atoms with Crippen LogP contribution in [0.15, 0.2) is 30.3 Å². The first-order valence-electron chi connectivity index (χ1n) is 14.2. The van der Waals surface area contributed by atoms with Gasteiger partial charge in [-0.15, -0.1) is 5.10 Å². The smallest absolute Gasteiger partial charge is 0.410 e. The van der Waals surface area contributed by atoms with Gasteiger partial charge in [0.15, 0.2) is 5.69 Å². The van der Waals surface area contributed by atoms with Gasteiger partial charge in [-0.2, -0.15) is 0 Å². The fraction of sp³-hybridized carbons (Fsp3) is 0.621. The molecule has 41 heavy (non-hydrogen) atoms. The number of benzene rings is 1. The lowest BCUT2D eigenvalue weighted by atomic mass is 9.91. The highest BCUT2D eigenvalue weighted by Gasteiger charge is 2.42. The Morgan fingerprint density at radius 1 is 1.10 bits per heavy atom. The number of rotatable bonds is 7.